The van der Waals surface area contributed by atoms with Gasteiger partial charge in [0, 0.05) is 21.6 Å². The molecule has 0 unspecified atom stereocenters. The van der Waals surface area contributed by atoms with E-state index in [9.17, 15) is 9.90 Å². The quantitative estimate of drug-likeness (QED) is 0.614. The van der Waals surface area contributed by atoms with Gasteiger partial charge in [0.05, 0.1) is 0 Å². The highest BCUT2D eigenvalue weighted by molar-refractivity contribution is 14.1. The number of ether oxygens (including phenoxy) is 1. The fourth-order valence-electron chi connectivity index (χ4n) is 1.93. The number of carbonyl (C=O) groups is 1. The van der Waals surface area contributed by atoms with E-state index < -0.39 is 11.9 Å². The first-order valence-corrected chi connectivity index (χ1v) is 7.60. The number of hydrogen-bond donors (Lipinski definition) is 2. The van der Waals surface area contributed by atoms with Crippen molar-refractivity contribution in [3.63, 3.8) is 0 Å². The number of carbonyl (C=O) groups excluding carboxylic acids is 1. The zero-order valence-corrected chi connectivity index (χ0v) is 13.0. The van der Waals surface area contributed by atoms with Crippen molar-refractivity contribution in [1.29, 1.82) is 0 Å². The van der Waals surface area contributed by atoms with Crippen LogP contribution in [0.1, 0.15) is 38.2 Å². The van der Waals surface area contributed by atoms with E-state index in [0.29, 0.717) is 12.0 Å². The zero-order valence-electron chi connectivity index (χ0n) is 10.9. The molecule has 1 amide bonds. The van der Waals surface area contributed by atoms with Crippen LogP contribution in [0.15, 0.2) is 24.3 Å². The molecule has 1 atom stereocenters. The van der Waals surface area contributed by atoms with Gasteiger partial charge in [0.25, 0.3) is 0 Å². The number of benzene rings is 1. The molecule has 4 nitrogen and oxygen atoms in total. The molecule has 0 aliphatic heterocycles. The summed E-state index contributed by atoms with van der Waals surface area (Å²) in [6.45, 7) is 1.95. The lowest BCUT2D eigenvalue weighted by molar-refractivity contribution is -0.175. The van der Waals surface area contributed by atoms with Crippen molar-refractivity contribution in [2.75, 3.05) is 0 Å². The van der Waals surface area contributed by atoms with Crippen LogP contribution < -0.4 is 5.32 Å². The summed E-state index contributed by atoms with van der Waals surface area (Å²) in [6, 6.07) is 7.62. The molecule has 2 N–H and O–H groups in total. The Kier molecular flexibility index (Phi) is 4.67. The smallest absolute Gasteiger partial charge is 0.410 e. The van der Waals surface area contributed by atoms with E-state index in [-0.39, 0.29) is 6.04 Å². The van der Waals surface area contributed by atoms with E-state index in [1.165, 1.54) is 0 Å². The van der Waals surface area contributed by atoms with Crippen molar-refractivity contribution < 1.29 is 14.6 Å². The molecule has 1 aliphatic carbocycles. The number of amides is 1. The lowest BCUT2D eigenvalue weighted by Gasteiger charge is -2.29. The molecular weight excluding hydrogens is 357 g/mol. The van der Waals surface area contributed by atoms with Crippen molar-refractivity contribution in [3.8, 4) is 0 Å². The predicted molar refractivity (Wildman–Crippen MR) is 80.6 cm³/mol. The van der Waals surface area contributed by atoms with Gasteiger partial charge in [-0.25, -0.2) is 4.79 Å². The fraction of sp³-hybridized carbons (Fsp3) is 0.500. The fourth-order valence-corrected chi connectivity index (χ4v) is 2.74. The van der Waals surface area contributed by atoms with Gasteiger partial charge in [0.2, 0.25) is 5.79 Å². The third-order valence-electron chi connectivity index (χ3n) is 3.04. The zero-order chi connectivity index (χ0) is 13.9. The second-order valence-electron chi connectivity index (χ2n) is 4.82. The van der Waals surface area contributed by atoms with E-state index in [1.54, 1.807) is 6.07 Å². The summed E-state index contributed by atoms with van der Waals surface area (Å²) in [5, 5.41) is 13.4. The second kappa shape index (κ2) is 6.09. The van der Waals surface area contributed by atoms with Crippen LogP contribution in [0.4, 0.5) is 4.79 Å². The van der Waals surface area contributed by atoms with Gasteiger partial charge in [-0.1, -0.05) is 25.1 Å². The minimum absolute atomic E-state index is 0.216. The molecule has 0 bridgehead atoms. The number of halogens is 1. The lowest BCUT2D eigenvalue weighted by atomic mass is 10.0. The Hall–Kier alpha value is -0.820. The van der Waals surface area contributed by atoms with Gasteiger partial charge in [-0.3, -0.25) is 0 Å². The summed E-state index contributed by atoms with van der Waals surface area (Å²) in [4.78, 5) is 11.8. The van der Waals surface area contributed by atoms with Gasteiger partial charge < -0.3 is 15.2 Å². The van der Waals surface area contributed by atoms with Crippen LogP contribution in [0, 0.1) is 3.57 Å². The first-order valence-electron chi connectivity index (χ1n) is 6.52. The maximum atomic E-state index is 11.8. The molecule has 19 heavy (non-hydrogen) atoms. The highest BCUT2D eigenvalue weighted by Crippen LogP contribution is 2.32. The maximum Gasteiger partial charge on any atom is 0.410 e. The standard InChI is InChI=1S/C14H18INO3/c1-2-9-14(18,11-5-3-4-6-12(11)15)19-13(17)16-10-7-8-10/h3-6,10,18H,2,7-9H2,1H3,(H,16,17)/t14-/m0/s1. The third kappa shape index (κ3) is 3.82. The molecule has 104 valence electrons. The number of aliphatic hydroxyl groups is 1. The summed E-state index contributed by atoms with van der Waals surface area (Å²) in [5.74, 6) is -1.55. The van der Waals surface area contributed by atoms with E-state index in [2.05, 4.69) is 27.9 Å². The average molecular weight is 375 g/mol. The highest BCUT2D eigenvalue weighted by Gasteiger charge is 2.36. The monoisotopic (exact) mass is 375 g/mol. The van der Waals surface area contributed by atoms with Gasteiger partial charge in [-0.2, -0.15) is 0 Å². The molecule has 0 aromatic heterocycles. The molecule has 0 saturated heterocycles. The molecule has 0 heterocycles. The molecule has 1 aromatic carbocycles. The molecule has 5 heteroatoms. The van der Waals surface area contributed by atoms with E-state index in [4.69, 9.17) is 4.74 Å². The summed E-state index contributed by atoms with van der Waals surface area (Å²) in [6.07, 6.45) is 2.54. The maximum absolute atomic E-state index is 11.8. The molecule has 1 saturated carbocycles. The van der Waals surface area contributed by atoms with Crippen molar-refractivity contribution in [3.05, 3.63) is 33.4 Å². The normalized spacial score (nSPS) is 17.6. The minimum atomic E-state index is -1.55. The van der Waals surface area contributed by atoms with Crippen LogP contribution >= 0.6 is 22.6 Å². The second-order valence-corrected chi connectivity index (χ2v) is 5.98. The highest BCUT2D eigenvalue weighted by atomic mass is 127. The lowest BCUT2D eigenvalue weighted by Crippen LogP contribution is -2.38. The van der Waals surface area contributed by atoms with Gasteiger partial charge in [-0.15, -0.1) is 0 Å². The van der Waals surface area contributed by atoms with Gasteiger partial charge in [0.1, 0.15) is 0 Å². The molecule has 0 spiro atoms. The van der Waals surface area contributed by atoms with Gasteiger partial charge >= 0.3 is 6.09 Å². The van der Waals surface area contributed by atoms with Crippen molar-refractivity contribution in [2.45, 2.75) is 44.4 Å². The average Bonchev–Trinajstić information content (AvgIpc) is 3.13. The Morgan fingerprint density at radius 2 is 2.21 bits per heavy atom. The Labute approximate surface area is 126 Å². The van der Waals surface area contributed by atoms with Crippen LogP contribution in [-0.2, 0) is 10.5 Å². The van der Waals surface area contributed by atoms with Crippen LogP contribution in [0.25, 0.3) is 0 Å². The molecule has 0 radical (unpaired) electrons. The number of alkyl carbamates (subject to hydrolysis) is 1. The first-order chi connectivity index (χ1) is 9.05. The molecule has 1 aliphatic rings. The van der Waals surface area contributed by atoms with E-state index >= 15 is 0 Å². The summed E-state index contributed by atoms with van der Waals surface area (Å²) >= 11 is 2.14. The van der Waals surface area contributed by atoms with Crippen LogP contribution in [0.2, 0.25) is 0 Å². The van der Waals surface area contributed by atoms with Gasteiger partial charge in [-0.05, 0) is 47.9 Å². The summed E-state index contributed by atoms with van der Waals surface area (Å²) < 4.78 is 6.18. The van der Waals surface area contributed by atoms with Crippen LogP contribution in [0.3, 0.4) is 0 Å². The largest absolute Gasteiger partial charge is 0.413 e. The molecular formula is C14H18INO3. The number of rotatable bonds is 5. The first kappa shape index (κ1) is 14.6. The SMILES string of the molecule is CCC[C@](O)(OC(=O)NC1CC1)c1ccccc1I. The Balaban J connectivity index is 2.16. The van der Waals surface area contributed by atoms with Crippen molar-refractivity contribution in [1.82, 2.24) is 5.32 Å². The summed E-state index contributed by atoms with van der Waals surface area (Å²) in [5.41, 5.74) is 0.642. The molecule has 1 aromatic rings. The number of hydrogen-bond acceptors (Lipinski definition) is 3. The Bertz CT molecular complexity index is 462. The van der Waals surface area contributed by atoms with Crippen LogP contribution in [-0.4, -0.2) is 17.2 Å². The third-order valence-corrected chi connectivity index (χ3v) is 3.99. The minimum Gasteiger partial charge on any atom is -0.413 e. The molecule has 1 fully saturated rings. The topological polar surface area (TPSA) is 58.6 Å². The molecule has 2 rings (SSSR count). The van der Waals surface area contributed by atoms with Crippen molar-refractivity contribution >= 4 is 28.7 Å². The van der Waals surface area contributed by atoms with Crippen molar-refractivity contribution in [2.24, 2.45) is 0 Å². The van der Waals surface area contributed by atoms with E-state index in [1.807, 2.05) is 25.1 Å². The predicted octanol–water partition coefficient (Wildman–Crippen LogP) is 3.13. The summed E-state index contributed by atoms with van der Waals surface area (Å²) in [7, 11) is 0. The van der Waals surface area contributed by atoms with E-state index in [0.717, 1.165) is 22.8 Å². The Morgan fingerprint density at radius 3 is 2.79 bits per heavy atom. The number of nitrogens with one attached hydrogen (secondary N) is 1. The Morgan fingerprint density at radius 1 is 1.53 bits per heavy atom. The van der Waals surface area contributed by atoms with Gasteiger partial charge in [0.15, 0.2) is 0 Å². The van der Waals surface area contributed by atoms with Crippen LogP contribution in [0.5, 0.6) is 0 Å².